The highest BCUT2D eigenvalue weighted by molar-refractivity contribution is 5.75. The number of fused-ring (bicyclic) bond motifs is 1. The highest BCUT2D eigenvalue weighted by Gasteiger charge is 2.15. The molecule has 1 atom stereocenters. The van der Waals surface area contributed by atoms with Gasteiger partial charge in [-0.3, -0.25) is 4.79 Å². The lowest BCUT2D eigenvalue weighted by molar-refractivity contribution is 0.223. The van der Waals surface area contributed by atoms with Crippen LogP contribution in [0.25, 0.3) is 27.8 Å². The van der Waals surface area contributed by atoms with Crippen molar-refractivity contribution < 1.29 is 4.74 Å². The van der Waals surface area contributed by atoms with Gasteiger partial charge in [0.2, 0.25) is 0 Å². The van der Waals surface area contributed by atoms with Crippen molar-refractivity contribution >= 4 is 11.0 Å². The Morgan fingerprint density at radius 1 is 1.04 bits per heavy atom. The van der Waals surface area contributed by atoms with E-state index in [4.69, 9.17) is 4.74 Å². The third kappa shape index (κ3) is 3.05. The van der Waals surface area contributed by atoms with Crippen molar-refractivity contribution in [2.45, 2.75) is 12.5 Å². The fraction of sp³-hybridized carbons (Fsp3) is 0.190. The van der Waals surface area contributed by atoms with Gasteiger partial charge >= 0.3 is 0 Å². The number of rotatable bonds is 4. The predicted octanol–water partition coefficient (Wildman–Crippen LogP) is 2.52. The third-order valence-electron chi connectivity index (χ3n) is 4.99. The molecular formula is C21H19N5O2. The number of ether oxygens (including phenoxy) is 1. The van der Waals surface area contributed by atoms with Gasteiger partial charge in [-0.15, -0.1) is 0 Å². The Kier molecular flexibility index (Phi) is 4.14. The van der Waals surface area contributed by atoms with Gasteiger partial charge in [0.15, 0.2) is 5.65 Å². The largest absolute Gasteiger partial charge is 0.489 e. The van der Waals surface area contributed by atoms with Crippen molar-refractivity contribution in [1.29, 1.82) is 0 Å². The topological polar surface area (TPSA) is 84.8 Å². The molecular weight excluding hydrogens is 354 g/mol. The number of hydrogen-bond acceptors (Lipinski definition) is 5. The molecule has 1 aliphatic rings. The minimum Gasteiger partial charge on any atom is -0.489 e. The quantitative estimate of drug-likeness (QED) is 0.574. The highest BCUT2D eigenvalue weighted by atomic mass is 16.5. The lowest BCUT2D eigenvalue weighted by atomic mass is 10.1. The van der Waals surface area contributed by atoms with Crippen LogP contribution in [0, 0.1) is 0 Å². The summed E-state index contributed by atoms with van der Waals surface area (Å²) in [6, 6.07) is 16.2. The third-order valence-corrected chi connectivity index (χ3v) is 4.99. The Morgan fingerprint density at radius 2 is 1.79 bits per heavy atom. The van der Waals surface area contributed by atoms with E-state index in [1.807, 2.05) is 36.4 Å². The second kappa shape index (κ2) is 6.94. The van der Waals surface area contributed by atoms with Gasteiger partial charge in [-0.25, -0.2) is 9.67 Å². The Labute approximate surface area is 161 Å². The van der Waals surface area contributed by atoms with E-state index in [-0.39, 0.29) is 11.7 Å². The zero-order valence-corrected chi connectivity index (χ0v) is 15.1. The maximum Gasteiger partial charge on any atom is 0.261 e. The normalized spacial score (nSPS) is 16.5. The summed E-state index contributed by atoms with van der Waals surface area (Å²) in [7, 11) is 0. The van der Waals surface area contributed by atoms with Crippen LogP contribution in [0.4, 0.5) is 0 Å². The van der Waals surface area contributed by atoms with Crippen LogP contribution in [0.5, 0.6) is 5.75 Å². The van der Waals surface area contributed by atoms with Gasteiger partial charge in [-0.05, 0) is 48.4 Å². The van der Waals surface area contributed by atoms with E-state index in [0.717, 1.165) is 42.1 Å². The maximum absolute atomic E-state index is 11.8. The highest BCUT2D eigenvalue weighted by Crippen LogP contribution is 2.25. The number of benzene rings is 2. The molecule has 0 amide bonds. The monoisotopic (exact) mass is 373 g/mol. The molecule has 1 fully saturated rings. The number of H-pyrrole nitrogens is 1. The standard InChI is InChI=1S/C21H19N5O2/c27-21-19-12-25-26(20(19)23-13-24-21)16-5-1-14(2-6-16)15-3-7-17(8-4-15)28-18-9-10-22-11-18/h1-8,12-13,18,22H,9-11H2,(H,23,24,27)/t18-/m0/s1. The van der Waals surface area contributed by atoms with Gasteiger partial charge in [0.25, 0.3) is 5.56 Å². The predicted molar refractivity (Wildman–Crippen MR) is 107 cm³/mol. The summed E-state index contributed by atoms with van der Waals surface area (Å²) < 4.78 is 7.64. The summed E-state index contributed by atoms with van der Waals surface area (Å²) in [5, 5.41) is 8.08. The van der Waals surface area contributed by atoms with Crippen LogP contribution < -0.4 is 15.6 Å². The van der Waals surface area contributed by atoms with Gasteiger partial charge in [0, 0.05) is 6.54 Å². The summed E-state index contributed by atoms with van der Waals surface area (Å²) in [5.41, 5.74) is 3.41. The summed E-state index contributed by atoms with van der Waals surface area (Å²) >= 11 is 0. The molecule has 0 aliphatic carbocycles. The van der Waals surface area contributed by atoms with Crippen molar-refractivity contribution in [2.75, 3.05) is 13.1 Å². The first-order valence-electron chi connectivity index (χ1n) is 9.27. The van der Waals surface area contributed by atoms with E-state index in [1.54, 1.807) is 4.68 Å². The van der Waals surface area contributed by atoms with Gasteiger partial charge in [0.05, 0.1) is 18.2 Å². The molecule has 0 radical (unpaired) electrons. The molecule has 0 spiro atoms. The van der Waals surface area contributed by atoms with Crippen LogP contribution in [0.2, 0.25) is 0 Å². The zero-order valence-electron chi connectivity index (χ0n) is 15.1. The lowest BCUT2D eigenvalue weighted by Gasteiger charge is -2.13. The molecule has 1 saturated heterocycles. The van der Waals surface area contributed by atoms with Gasteiger partial charge in [-0.2, -0.15) is 5.10 Å². The first-order chi connectivity index (χ1) is 13.8. The Balaban J connectivity index is 1.38. The molecule has 2 aromatic carbocycles. The average Bonchev–Trinajstić information content (AvgIpc) is 3.39. The Hall–Kier alpha value is -3.45. The maximum atomic E-state index is 11.8. The fourth-order valence-electron chi connectivity index (χ4n) is 3.49. The van der Waals surface area contributed by atoms with E-state index in [2.05, 4.69) is 32.5 Å². The molecule has 0 saturated carbocycles. The fourth-order valence-corrected chi connectivity index (χ4v) is 3.49. The summed E-state index contributed by atoms with van der Waals surface area (Å²) in [5.74, 6) is 0.897. The van der Waals surface area contributed by atoms with Crippen LogP contribution in [0.3, 0.4) is 0 Å². The van der Waals surface area contributed by atoms with Crippen LogP contribution in [0.1, 0.15) is 6.42 Å². The number of hydrogen-bond donors (Lipinski definition) is 2. The molecule has 140 valence electrons. The molecule has 0 unspecified atom stereocenters. The van der Waals surface area contributed by atoms with Gasteiger partial charge in [-0.1, -0.05) is 24.3 Å². The molecule has 5 rings (SSSR count). The van der Waals surface area contributed by atoms with E-state index in [9.17, 15) is 4.79 Å². The van der Waals surface area contributed by atoms with Crippen LogP contribution in [-0.4, -0.2) is 38.9 Å². The van der Waals surface area contributed by atoms with E-state index >= 15 is 0 Å². The van der Waals surface area contributed by atoms with Gasteiger partial charge < -0.3 is 15.0 Å². The molecule has 2 aromatic heterocycles. The Bertz CT molecular complexity index is 1160. The van der Waals surface area contributed by atoms with Gasteiger partial charge in [0.1, 0.15) is 17.2 Å². The molecule has 7 nitrogen and oxygen atoms in total. The smallest absolute Gasteiger partial charge is 0.261 e. The van der Waals surface area contributed by atoms with Crippen molar-refractivity contribution in [2.24, 2.45) is 0 Å². The first kappa shape index (κ1) is 16.7. The number of nitrogens with one attached hydrogen (secondary N) is 2. The van der Waals surface area contributed by atoms with Crippen LogP contribution in [-0.2, 0) is 0 Å². The van der Waals surface area contributed by atoms with Crippen molar-refractivity contribution in [1.82, 2.24) is 25.1 Å². The lowest BCUT2D eigenvalue weighted by Crippen LogP contribution is -2.19. The van der Waals surface area contributed by atoms with Crippen molar-refractivity contribution in [3.63, 3.8) is 0 Å². The van der Waals surface area contributed by atoms with Crippen molar-refractivity contribution in [3.05, 3.63) is 71.4 Å². The SMILES string of the molecule is O=c1[nH]cnc2c1cnn2-c1ccc(-c2ccc(O[C@H]3CCNC3)cc2)cc1. The summed E-state index contributed by atoms with van der Waals surface area (Å²) in [6.07, 6.45) is 4.23. The van der Waals surface area contributed by atoms with E-state index in [1.165, 1.54) is 12.5 Å². The minimum atomic E-state index is -0.191. The average molecular weight is 373 g/mol. The number of aromatic amines is 1. The van der Waals surface area contributed by atoms with E-state index < -0.39 is 0 Å². The molecule has 28 heavy (non-hydrogen) atoms. The number of aromatic nitrogens is 4. The van der Waals surface area contributed by atoms with E-state index in [0.29, 0.717) is 11.0 Å². The number of nitrogens with zero attached hydrogens (tertiary/aromatic N) is 3. The Morgan fingerprint density at radius 3 is 2.50 bits per heavy atom. The first-order valence-corrected chi connectivity index (χ1v) is 9.27. The molecule has 4 aromatic rings. The second-order valence-corrected chi connectivity index (χ2v) is 6.83. The summed E-state index contributed by atoms with van der Waals surface area (Å²) in [6.45, 7) is 1.93. The van der Waals surface area contributed by atoms with Crippen molar-refractivity contribution in [3.8, 4) is 22.6 Å². The van der Waals surface area contributed by atoms with Crippen LogP contribution in [0.15, 0.2) is 65.8 Å². The molecule has 2 N–H and O–H groups in total. The minimum absolute atomic E-state index is 0.191. The molecule has 0 bridgehead atoms. The molecule has 3 heterocycles. The zero-order chi connectivity index (χ0) is 18.9. The molecule has 7 heteroatoms. The second-order valence-electron chi connectivity index (χ2n) is 6.83. The molecule has 1 aliphatic heterocycles. The van der Waals surface area contributed by atoms with Crippen LogP contribution >= 0.6 is 0 Å². The summed E-state index contributed by atoms with van der Waals surface area (Å²) in [4.78, 5) is 18.6.